The van der Waals surface area contributed by atoms with Crippen LogP contribution >= 0.6 is 0 Å². The Balaban J connectivity index is 1.60. The van der Waals surface area contributed by atoms with Crippen LogP contribution in [0.1, 0.15) is 27.2 Å². The van der Waals surface area contributed by atoms with E-state index in [4.69, 9.17) is 0 Å². The summed E-state index contributed by atoms with van der Waals surface area (Å²) in [7, 11) is 0. The van der Waals surface area contributed by atoms with E-state index in [1.165, 1.54) is 4.68 Å². The molecule has 0 radical (unpaired) electrons. The minimum absolute atomic E-state index is 0.0737. The molecule has 4 aromatic rings. The lowest BCUT2D eigenvalue weighted by Crippen LogP contribution is -2.35. The second-order valence-electron chi connectivity index (χ2n) is 7.95. The van der Waals surface area contributed by atoms with Gasteiger partial charge in [0.1, 0.15) is 0 Å². The van der Waals surface area contributed by atoms with Crippen LogP contribution in [-0.4, -0.2) is 28.1 Å². The molecule has 33 heavy (non-hydrogen) atoms. The Morgan fingerprint density at radius 2 is 1.48 bits per heavy atom. The fourth-order valence-electron chi connectivity index (χ4n) is 3.91. The fraction of sp³-hybridized carbons (Fsp3) is 0.154. The van der Waals surface area contributed by atoms with E-state index in [1.807, 2.05) is 39.0 Å². The number of carbonyl (C=O) groups excluding carboxylic acids is 2. The Morgan fingerprint density at radius 1 is 0.879 bits per heavy atom. The molecule has 0 bridgehead atoms. The van der Waals surface area contributed by atoms with Gasteiger partial charge in [-0.2, -0.15) is 9.78 Å². The van der Waals surface area contributed by atoms with Gasteiger partial charge in [0, 0.05) is 11.1 Å². The van der Waals surface area contributed by atoms with Crippen LogP contribution in [0.5, 0.6) is 0 Å². The van der Waals surface area contributed by atoms with Crippen LogP contribution < -0.4 is 16.2 Å². The van der Waals surface area contributed by atoms with Crippen LogP contribution in [0.3, 0.4) is 0 Å². The van der Waals surface area contributed by atoms with Gasteiger partial charge in [0.15, 0.2) is 5.69 Å². The smallest absolute Gasteiger partial charge is 0.279 e. The molecule has 0 aliphatic rings. The standard InChI is InChI=1S/C26H24N4O3/c1-16-13-17(2)23(18(3)14-16)28-22(31)15-27-25(32)24-20-11-7-8-12-21(20)26(33)30(29-24)19-9-5-4-6-10-19/h4-14H,15H2,1-3H3,(H,27,32)(H,28,31). The van der Waals surface area contributed by atoms with Gasteiger partial charge in [-0.15, -0.1) is 0 Å². The number of rotatable bonds is 5. The Bertz CT molecular complexity index is 1400. The lowest BCUT2D eigenvalue weighted by molar-refractivity contribution is -0.115. The predicted molar refractivity (Wildman–Crippen MR) is 129 cm³/mol. The lowest BCUT2D eigenvalue weighted by Gasteiger charge is -2.14. The van der Waals surface area contributed by atoms with Crippen LogP contribution in [0, 0.1) is 20.8 Å². The first-order chi connectivity index (χ1) is 15.8. The van der Waals surface area contributed by atoms with Gasteiger partial charge in [0.05, 0.1) is 17.6 Å². The Morgan fingerprint density at radius 3 is 2.15 bits per heavy atom. The number of amides is 2. The van der Waals surface area contributed by atoms with Crippen molar-refractivity contribution < 1.29 is 9.59 Å². The highest BCUT2D eigenvalue weighted by Gasteiger charge is 2.18. The molecule has 0 aliphatic carbocycles. The first-order valence-corrected chi connectivity index (χ1v) is 10.6. The average Bonchev–Trinajstić information content (AvgIpc) is 2.81. The van der Waals surface area contributed by atoms with Crippen molar-refractivity contribution in [2.45, 2.75) is 20.8 Å². The average molecular weight is 441 g/mol. The van der Waals surface area contributed by atoms with E-state index in [0.717, 1.165) is 22.4 Å². The van der Waals surface area contributed by atoms with Crippen molar-refractivity contribution in [2.75, 3.05) is 11.9 Å². The van der Waals surface area contributed by atoms with Crippen LogP contribution in [0.25, 0.3) is 16.5 Å². The molecule has 4 rings (SSSR count). The molecule has 3 aromatic carbocycles. The van der Waals surface area contributed by atoms with E-state index in [0.29, 0.717) is 16.5 Å². The third-order valence-electron chi connectivity index (χ3n) is 5.37. The third kappa shape index (κ3) is 4.52. The molecule has 0 aliphatic heterocycles. The second kappa shape index (κ2) is 9.08. The molecule has 7 nitrogen and oxygen atoms in total. The van der Waals surface area contributed by atoms with Crippen molar-refractivity contribution in [3.63, 3.8) is 0 Å². The molecular weight excluding hydrogens is 416 g/mol. The number of nitrogens with one attached hydrogen (secondary N) is 2. The summed E-state index contributed by atoms with van der Waals surface area (Å²) in [5.41, 5.74) is 4.06. The Labute approximate surface area is 191 Å². The maximum atomic E-state index is 13.0. The molecule has 0 saturated heterocycles. The zero-order valence-corrected chi connectivity index (χ0v) is 18.7. The van der Waals surface area contributed by atoms with Crippen molar-refractivity contribution >= 4 is 28.3 Å². The predicted octanol–water partition coefficient (Wildman–Crippen LogP) is 3.68. The van der Waals surface area contributed by atoms with Crippen LogP contribution in [0.4, 0.5) is 5.69 Å². The van der Waals surface area contributed by atoms with Gasteiger partial charge >= 0.3 is 0 Å². The minimum atomic E-state index is -0.539. The Hall–Kier alpha value is -4.26. The van der Waals surface area contributed by atoms with Gasteiger partial charge in [-0.05, 0) is 50.1 Å². The van der Waals surface area contributed by atoms with Crippen molar-refractivity contribution in [1.29, 1.82) is 0 Å². The summed E-state index contributed by atoms with van der Waals surface area (Å²) in [5.74, 6) is -0.887. The van der Waals surface area contributed by atoms with Gasteiger partial charge in [0.25, 0.3) is 11.5 Å². The summed E-state index contributed by atoms with van der Waals surface area (Å²) >= 11 is 0. The summed E-state index contributed by atoms with van der Waals surface area (Å²) < 4.78 is 1.20. The number of hydrogen-bond acceptors (Lipinski definition) is 4. The number of aryl methyl sites for hydroxylation is 3. The van der Waals surface area contributed by atoms with E-state index in [9.17, 15) is 14.4 Å². The topological polar surface area (TPSA) is 93.1 Å². The van der Waals surface area contributed by atoms with Gasteiger partial charge in [-0.1, -0.05) is 54.1 Å². The lowest BCUT2D eigenvalue weighted by atomic mass is 10.1. The highest BCUT2D eigenvalue weighted by atomic mass is 16.2. The van der Waals surface area contributed by atoms with Gasteiger partial charge in [-0.25, -0.2) is 0 Å². The van der Waals surface area contributed by atoms with E-state index in [-0.39, 0.29) is 23.7 Å². The quantitative estimate of drug-likeness (QED) is 0.495. The minimum Gasteiger partial charge on any atom is -0.342 e. The molecular formula is C26H24N4O3. The number of benzene rings is 3. The molecule has 2 N–H and O–H groups in total. The number of hydrogen-bond donors (Lipinski definition) is 2. The van der Waals surface area contributed by atoms with Gasteiger partial charge in [-0.3, -0.25) is 14.4 Å². The maximum Gasteiger partial charge on any atom is 0.279 e. The van der Waals surface area contributed by atoms with Crippen molar-refractivity contribution in [2.24, 2.45) is 0 Å². The molecule has 1 heterocycles. The summed E-state index contributed by atoms with van der Waals surface area (Å²) in [5, 5.41) is 10.6. The Kier molecular flexibility index (Phi) is 6.04. The van der Waals surface area contributed by atoms with E-state index in [1.54, 1.807) is 48.5 Å². The fourth-order valence-corrected chi connectivity index (χ4v) is 3.91. The number of fused-ring (bicyclic) bond motifs is 1. The van der Waals surface area contributed by atoms with E-state index < -0.39 is 5.91 Å². The molecule has 166 valence electrons. The summed E-state index contributed by atoms with van der Waals surface area (Å²) in [6.07, 6.45) is 0. The van der Waals surface area contributed by atoms with Crippen LogP contribution in [0.2, 0.25) is 0 Å². The molecule has 2 amide bonds. The van der Waals surface area contributed by atoms with E-state index in [2.05, 4.69) is 15.7 Å². The molecule has 0 fully saturated rings. The van der Waals surface area contributed by atoms with E-state index >= 15 is 0 Å². The highest BCUT2D eigenvalue weighted by Crippen LogP contribution is 2.21. The normalized spacial score (nSPS) is 10.8. The molecule has 0 saturated carbocycles. The number of carbonyl (C=O) groups is 2. The zero-order valence-electron chi connectivity index (χ0n) is 18.7. The van der Waals surface area contributed by atoms with Crippen molar-refractivity contribution in [3.8, 4) is 5.69 Å². The molecule has 0 unspecified atom stereocenters. The first-order valence-electron chi connectivity index (χ1n) is 10.6. The van der Waals surface area contributed by atoms with Crippen LogP contribution in [0.15, 0.2) is 71.5 Å². The molecule has 0 atom stereocenters. The second-order valence-corrected chi connectivity index (χ2v) is 7.95. The number of anilines is 1. The highest BCUT2D eigenvalue weighted by molar-refractivity contribution is 6.06. The SMILES string of the molecule is Cc1cc(C)c(NC(=O)CNC(=O)c2nn(-c3ccccc3)c(=O)c3ccccc23)c(C)c1. The number of aromatic nitrogens is 2. The largest absolute Gasteiger partial charge is 0.342 e. The monoisotopic (exact) mass is 440 g/mol. The summed E-state index contributed by atoms with van der Waals surface area (Å²) in [4.78, 5) is 38.5. The number of para-hydroxylation sites is 1. The van der Waals surface area contributed by atoms with Gasteiger partial charge in [0.2, 0.25) is 5.91 Å². The molecule has 0 spiro atoms. The van der Waals surface area contributed by atoms with Crippen molar-refractivity contribution in [3.05, 3.63) is 99.5 Å². The molecule has 7 heteroatoms. The van der Waals surface area contributed by atoms with Crippen LogP contribution in [-0.2, 0) is 4.79 Å². The zero-order chi connectivity index (χ0) is 23.5. The number of nitrogens with zero attached hydrogens (tertiary/aromatic N) is 2. The summed E-state index contributed by atoms with van der Waals surface area (Å²) in [6, 6.07) is 19.7. The maximum absolute atomic E-state index is 13.0. The van der Waals surface area contributed by atoms with Crippen molar-refractivity contribution in [1.82, 2.24) is 15.1 Å². The van der Waals surface area contributed by atoms with Gasteiger partial charge < -0.3 is 10.6 Å². The summed E-state index contributed by atoms with van der Waals surface area (Å²) in [6.45, 7) is 5.62. The molecule has 1 aromatic heterocycles. The first kappa shape index (κ1) is 22.0. The third-order valence-corrected chi connectivity index (χ3v) is 5.37.